The van der Waals surface area contributed by atoms with E-state index in [9.17, 15) is 13.2 Å². The minimum atomic E-state index is -2.98. The maximum absolute atomic E-state index is 10.9. The highest BCUT2D eigenvalue weighted by atomic mass is 35.5. The average molecular weight is 293 g/mol. The van der Waals surface area contributed by atoms with Crippen LogP contribution >= 0.6 is 11.6 Å². The summed E-state index contributed by atoms with van der Waals surface area (Å²) in [5.41, 5.74) is -0.0442. The number of pyridine rings is 1. The van der Waals surface area contributed by atoms with E-state index in [0.29, 0.717) is 18.8 Å². The summed E-state index contributed by atoms with van der Waals surface area (Å²) in [6.07, 6.45) is 2.82. The maximum Gasteiger partial charge on any atom is 0.337 e. The molecule has 6 nitrogen and oxygen atoms in total. The molecule has 1 rings (SSSR count). The zero-order valence-electron chi connectivity index (χ0n) is 9.68. The lowest BCUT2D eigenvalue weighted by Crippen LogP contribution is -2.11. The molecular weight excluding hydrogens is 280 g/mol. The number of aromatic carboxylic acids is 1. The van der Waals surface area contributed by atoms with Crippen molar-refractivity contribution in [3.8, 4) is 0 Å². The zero-order chi connectivity index (χ0) is 13.8. The van der Waals surface area contributed by atoms with Crippen LogP contribution in [0.1, 0.15) is 16.8 Å². The Bertz CT molecular complexity index is 545. The number of nitrogens with one attached hydrogen (secondary N) is 1. The van der Waals surface area contributed by atoms with Gasteiger partial charge in [-0.05, 0) is 12.5 Å². The van der Waals surface area contributed by atoms with E-state index in [-0.39, 0.29) is 16.3 Å². The van der Waals surface area contributed by atoms with Gasteiger partial charge in [0.1, 0.15) is 15.7 Å². The number of hydrogen-bond donors (Lipinski definition) is 2. The summed E-state index contributed by atoms with van der Waals surface area (Å²) in [5, 5.41) is 11.8. The summed E-state index contributed by atoms with van der Waals surface area (Å²) in [7, 11) is -2.98. The van der Waals surface area contributed by atoms with E-state index in [4.69, 9.17) is 16.7 Å². The van der Waals surface area contributed by atoms with Gasteiger partial charge in [-0.3, -0.25) is 0 Å². The van der Waals surface area contributed by atoms with Crippen LogP contribution in [0.3, 0.4) is 0 Å². The number of anilines is 1. The fourth-order valence-electron chi connectivity index (χ4n) is 1.25. The lowest BCUT2D eigenvalue weighted by Gasteiger charge is -2.06. The molecule has 0 fully saturated rings. The predicted octanol–water partition coefficient (Wildman–Crippen LogP) is 1.28. The molecule has 0 unspecified atom stereocenters. The Morgan fingerprint density at radius 2 is 2.22 bits per heavy atom. The van der Waals surface area contributed by atoms with Gasteiger partial charge in [0, 0.05) is 19.0 Å². The Balaban J connectivity index is 2.58. The minimum Gasteiger partial charge on any atom is -0.478 e. The summed E-state index contributed by atoms with van der Waals surface area (Å²) in [5.74, 6) is -0.716. The number of carboxylic acids is 1. The van der Waals surface area contributed by atoms with Gasteiger partial charge in [-0.15, -0.1) is 0 Å². The van der Waals surface area contributed by atoms with E-state index >= 15 is 0 Å². The molecular formula is C10H13ClN2O4S. The molecule has 0 bridgehead atoms. The van der Waals surface area contributed by atoms with Crippen molar-refractivity contribution in [1.82, 2.24) is 4.98 Å². The van der Waals surface area contributed by atoms with Crippen molar-refractivity contribution in [2.45, 2.75) is 6.42 Å². The Labute approximate surface area is 110 Å². The second kappa shape index (κ2) is 6.01. The van der Waals surface area contributed by atoms with Gasteiger partial charge in [-0.2, -0.15) is 0 Å². The molecule has 0 aliphatic rings. The topological polar surface area (TPSA) is 96.4 Å². The van der Waals surface area contributed by atoms with Crippen molar-refractivity contribution in [1.29, 1.82) is 0 Å². The molecule has 2 N–H and O–H groups in total. The summed E-state index contributed by atoms with van der Waals surface area (Å²) >= 11 is 5.66. The number of hydrogen-bond acceptors (Lipinski definition) is 5. The summed E-state index contributed by atoms with van der Waals surface area (Å²) in [4.78, 5) is 14.7. The number of carbonyl (C=O) groups is 1. The molecule has 18 heavy (non-hydrogen) atoms. The highest BCUT2D eigenvalue weighted by Gasteiger charge is 2.10. The van der Waals surface area contributed by atoms with Gasteiger partial charge in [0.15, 0.2) is 0 Å². The smallest absolute Gasteiger partial charge is 0.337 e. The SMILES string of the molecule is CS(=O)(=O)CCCNc1cc(C(=O)O)c(Cl)cn1. The van der Waals surface area contributed by atoms with E-state index < -0.39 is 15.8 Å². The first-order valence-electron chi connectivity index (χ1n) is 5.10. The van der Waals surface area contributed by atoms with Crippen LogP contribution < -0.4 is 5.32 Å². The molecule has 0 amide bonds. The van der Waals surface area contributed by atoms with Crippen LogP contribution in [0.25, 0.3) is 0 Å². The Kier molecular flexibility index (Phi) is 4.92. The first-order chi connectivity index (χ1) is 8.29. The van der Waals surface area contributed by atoms with Crippen LogP contribution in [0.2, 0.25) is 5.02 Å². The van der Waals surface area contributed by atoms with Crippen molar-refractivity contribution in [2.24, 2.45) is 0 Å². The van der Waals surface area contributed by atoms with Gasteiger partial charge in [0.2, 0.25) is 0 Å². The molecule has 0 radical (unpaired) electrons. The molecule has 0 spiro atoms. The first-order valence-corrected chi connectivity index (χ1v) is 7.54. The Hall–Kier alpha value is -1.34. The van der Waals surface area contributed by atoms with Gasteiger partial charge in [-0.1, -0.05) is 11.6 Å². The lowest BCUT2D eigenvalue weighted by atomic mass is 10.2. The normalized spacial score (nSPS) is 11.2. The van der Waals surface area contributed by atoms with Crippen LogP contribution in [0.4, 0.5) is 5.82 Å². The second-order valence-corrected chi connectivity index (χ2v) is 6.43. The highest BCUT2D eigenvalue weighted by Crippen LogP contribution is 2.17. The molecule has 8 heteroatoms. The van der Waals surface area contributed by atoms with Gasteiger partial charge in [0.05, 0.1) is 16.3 Å². The summed E-state index contributed by atoms with van der Waals surface area (Å²) in [6, 6.07) is 1.31. The fourth-order valence-corrected chi connectivity index (χ4v) is 2.10. The van der Waals surface area contributed by atoms with E-state index in [1.54, 1.807) is 0 Å². The fraction of sp³-hybridized carbons (Fsp3) is 0.400. The van der Waals surface area contributed by atoms with E-state index in [0.717, 1.165) is 6.26 Å². The van der Waals surface area contributed by atoms with Crippen molar-refractivity contribution in [3.63, 3.8) is 0 Å². The van der Waals surface area contributed by atoms with Gasteiger partial charge in [-0.25, -0.2) is 18.2 Å². The summed E-state index contributed by atoms with van der Waals surface area (Å²) < 4.78 is 21.8. The van der Waals surface area contributed by atoms with Crippen LogP contribution in [-0.2, 0) is 9.84 Å². The quantitative estimate of drug-likeness (QED) is 0.767. The highest BCUT2D eigenvalue weighted by molar-refractivity contribution is 7.90. The molecule has 0 aromatic carbocycles. The first kappa shape index (κ1) is 14.7. The number of rotatable bonds is 6. The van der Waals surface area contributed by atoms with Crippen LogP contribution in [0.15, 0.2) is 12.3 Å². The molecule has 100 valence electrons. The second-order valence-electron chi connectivity index (χ2n) is 3.76. The zero-order valence-corrected chi connectivity index (χ0v) is 11.3. The molecule has 0 atom stereocenters. The van der Waals surface area contributed by atoms with E-state index in [2.05, 4.69) is 10.3 Å². The lowest BCUT2D eigenvalue weighted by molar-refractivity contribution is 0.0697. The molecule has 1 heterocycles. The van der Waals surface area contributed by atoms with Crippen molar-refractivity contribution >= 4 is 33.2 Å². The minimum absolute atomic E-state index is 0.0442. The van der Waals surface area contributed by atoms with E-state index in [1.807, 2.05) is 0 Å². The third kappa shape index (κ3) is 4.89. The van der Waals surface area contributed by atoms with Crippen LogP contribution in [0, 0.1) is 0 Å². The third-order valence-electron chi connectivity index (χ3n) is 2.08. The number of sulfone groups is 1. The molecule has 0 saturated heterocycles. The Morgan fingerprint density at radius 3 is 2.78 bits per heavy atom. The van der Waals surface area contributed by atoms with Gasteiger partial charge in [0.25, 0.3) is 0 Å². The average Bonchev–Trinajstić information content (AvgIpc) is 2.24. The predicted molar refractivity (Wildman–Crippen MR) is 69.0 cm³/mol. The molecule has 1 aromatic rings. The van der Waals surface area contributed by atoms with E-state index in [1.165, 1.54) is 12.3 Å². The third-order valence-corrected chi connectivity index (χ3v) is 3.42. The number of aromatic nitrogens is 1. The van der Waals surface area contributed by atoms with Crippen LogP contribution in [-0.4, -0.2) is 43.0 Å². The molecule has 0 aliphatic heterocycles. The standard InChI is InChI=1S/C10H13ClN2O4S/c1-18(16,17)4-2-3-12-9-5-7(10(14)15)8(11)6-13-9/h5-6H,2-4H2,1H3,(H,12,13)(H,14,15). The maximum atomic E-state index is 10.9. The van der Waals surface area contributed by atoms with Crippen LogP contribution in [0.5, 0.6) is 0 Å². The van der Waals surface area contributed by atoms with Gasteiger partial charge < -0.3 is 10.4 Å². The summed E-state index contributed by atoms with van der Waals surface area (Å²) in [6.45, 7) is 0.390. The Morgan fingerprint density at radius 1 is 1.56 bits per heavy atom. The monoisotopic (exact) mass is 292 g/mol. The van der Waals surface area contributed by atoms with Crippen molar-refractivity contribution in [2.75, 3.05) is 23.9 Å². The number of nitrogens with zero attached hydrogens (tertiary/aromatic N) is 1. The van der Waals surface area contributed by atoms with Crippen molar-refractivity contribution < 1.29 is 18.3 Å². The number of carboxylic acid groups (broad SMARTS) is 1. The van der Waals surface area contributed by atoms with Gasteiger partial charge >= 0.3 is 5.97 Å². The molecule has 0 aliphatic carbocycles. The molecule has 0 saturated carbocycles. The molecule has 1 aromatic heterocycles. The largest absolute Gasteiger partial charge is 0.478 e. The number of halogens is 1. The van der Waals surface area contributed by atoms with Crippen molar-refractivity contribution in [3.05, 3.63) is 22.8 Å².